The van der Waals surface area contributed by atoms with Crippen LogP contribution < -0.4 is 4.74 Å². The van der Waals surface area contributed by atoms with Crippen molar-refractivity contribution in [2.45, 2.75) is 6.61 Å². The van der Waals surface area contributed by atoms with Crippen molar-refractivity contribution in [3.63, 3.8) is 0 Å². The van der Waals surface area contributed by atoms with Crippen molar-refractivity contribution >= 4 is 27.5 Å². The van der Waals surface area contributed by atoms with Crippen molar-refractivity contribution in [3.05, 3.63) is 62.8 Å². The molecule has 2 aromatic carbocycles. The van der Waals surface area contributed by atoms with E-state index in [0.29, 0.717) is 21.9 Å². The Balaban J connectivity index is 2.13. The van der Waals surface area contributed by atoms with E-state index in [2.05, 4.69) is 15.9 Å². The predicted octanol–water partition coefficient (Wildman–Crippen LogP) is 4.69. The quantitative estimate of drug-likeness (QED) is 0.812. The van der Waals surface area contributed by atoms with Gasteiger partial charge in [-0.2, -0.15) is 5.26 Å². The minimum Gasteiger partial charge on any atom is -0.489 e. The Hall–Kier alpha value is -1.57. The van der Waals surface area contributed by atoms with Crippen LogP contribution in [-0.4, -0.2) is 0 Å². The summed E-state index contributed by atoms with van der Waals surface area (Å²) in [6.45, 7) is 0.0908. The summed E-state index contributed by atoms with van der Waals surface area (Å²) in [5.41, 5.74) is 0.817. The minimum absolute atomic E-state index is 0.0908. The van der Waals surface area contributed by atoms with E-state index in [9.17, 15) is 4.39 Å². The minimum atomic E-state index is -0.331. The van der Waals surface area contributed by atoms with Gasteiger partial charge in [-0.05, 0) is 30.3 Å². The highest BCUT2D eigenvalue weighted by Crippen LogP contribution is 2.23. The zero-order chi connectivity index (χ0) is 13.8. The molecule has 0 heterocycles. The van der Waals surface area contributed by atoms with Crippen molar-refractivity contribution in [2.24, 2.45) is 0 Å². The molecule has 0 fully saturated rings. The van der Waals surface area contributed by atoms with E-state index in [1.165, 1.54) is 12.1 Å². The number of nitriles is 1. The second-order valence-corrected chi connectivity index (χ2v) is 5.10. The zero-order valence-corrected chi connectivity index (χ0v) is 12.0. The summed E-state index contributed by atoms with van der Waals surface area (Å²) in [7, 11) is 0. The zero-order valence-electron chi connectivity index (χ0n) is 9.66. The molecule has 2 aromatic rings. The summed E-state index contributed by atoms with van der Waals surface area (Å²) in [6.07, 6.45) is 0. The molecule has 0 unspecified atom stereocenters. The molecule has 0 aliphatic heterocycles. The number of halogens is 3. The lowest BCUT2D eigenvalue weighted by Crippen LogP contribution is -1.98. The van der Waals surface area contributed by atoms with Crippen LogP contribution in [0.15, 0.2) is 40.9 Å². The first kappa shape index (κ1) is 13.9. The van der Waals surface area contributed by atoms with Crippen LogP contribution in [0.1, 0.15) is 11.1 Å². The highest BCUT2D eigenvalue weighted by molar-refractivity contribution is 9.10. The molecule has 0 atom stereocenters. The highest BCUT2D eigenvalue weighted by Gasteiger charge is 2.06. The second kappa shape index (κ2) is 6.05. The van der Waals surface area contributed by atoms with Gasteiger partial charge in [0.25, 0.3) is 0 Å². The number of ether oxygens (including phenoxy) is 1. The fourth-order valence-electron chi connectivity index (χ4n) is 1.49. The molecule has 19 heavy (non-hydrogen) atoms. The third kappa shape index (κ3) is 3.46. The molecule has 0 saturated heterocycles. The molecule has 0 N–H and O–H groups in total. The SMILES string of the molecule is N#Cc1ccc(OCc2cc(Br)ccc2F)cc1Cl. The summed E-state index contributed by atoms with van der Waals surface area (Å²) in [5, 5.41) is 9.07. The van der Waals surface area contributed by atoms with E-state index in [-0.39, 0.29) is 12.4 Å². The van der Waals surface area contributed by atoms with Gasteiger partial charge in [-0.3, -0.25) is 0 Å². The Morgan fingerprint density at radius 2 is 2.05 bits per heavy atom. The Morgan fingerprint density at radius 1 is 1.26 bits per heavy atom. The maximum Gasteiger partial charge on any atom is 0.129 e. The lowest BCUT2D eigenvalue weighted by Gasteiger charge is -2.08. The lowest BCUT2D eigenvalue weighted by atomic mass is 10.2. The fourth-order valence-corrected chi connectivity index (χ4v) is 2.11. The largest absolute Gasteiger partial charge is 0.489 e. The van der Waals surface area contributed by atoms with Gasteiger partial charge in [0.1, 0.15) is 24.2 Å². The van der Waals surface area contributed by atoms with Crippen molar-refractivity contribution in [1.82, 2.24) is 0 Å². The second-order valence-electron chi connectivity index (χ2n) is 3.78. The molecule has 96 valence electrons. The molecule has 5 heteroatoms. The van der Waals surface area contributed by atoms with Gasteiger partial charge in [0.15, 0.2) is 0 Å². The van der Waals surface area contributed by atoms with Crippen molar-refractivity contribution in [2.75, 3.05) is 0 Å². The Kier molecular flexibility index (Phi) is 4.41. The van der Waals surface area contributed by atoms with Crippen LogP contribution in [0.2, 0.25) is 5.02 Å². The van der Waals surface area contributed by atoms with E-state index >= 15 is 0 Å². The Morgan fingerprint density at radius 3 is 2.74 bits per heavy atom. The van der Waals surface area contributed by atoms with E-state index in [4.69, 9.17) is 21.6 Å². The van der Waals surface area contributed by atoms with Gasteiger partial charge in [0.2, 0.25) is 0 Å². The van der Waals surface area contributed by atoms with E-state index < -0.39 is 0 Å². The third-order valence-corrected chi connectivity index (χ3v) is 3.27. The number of hydrogen-bond donors (Lipinski definition) is 0. The fraction of sp³-hybridized carbons (Fsp3) is 0.0714. The molecule has 0 bridgehead atoms. The van der Waals surface area contributed by atoms with Crippen molar-refractivity contribution < 1.29 is 9.13 Å². The smallest absolute Gasteiger partial charge is 0.129 e. The van der Waals surface area contributed by atoms with E-state index in [1.54, 1.807) is 24.3 Å². The number of hydrogen-bond acceptors (Lipinski definition) is 2. The molecule has 0 saturated carbocycles. The molecule has 0 aromatic heterocycles. The average Bonchev–Trinajstić information content (AvgIpc) is 2.40. The van der Waals surface area contributed by atoms with Crippen LogP contribution in [0, 0.1) is 17.1 Å². The van der Waals surface area contributed by atoms with Gasteiger partial charge in [0, 0.05) is 16.1 Å². The predicted molar refractivity (Wildman–Crippen MR) is 74.6 cm³/mol. The van der Waals surface area contributed by atoms with Gasteiger partial charge in [-0.25, -0.2) is 4.39 Å². The third-order valence-electron chi connectivity index (χ3n) is 2.46. The molecule has 0 aliphatic rings. The topological polar surface area (TPSA) is 33.0 Å². The molecule has 0 amide bonds. The summed E-state index contributed by atoms with van der Waals surface area (Å²) in [6, 6.07) is 11.3. The van der Waals surface area contributed by atoms with Crippen molar-refractivity contribution in [1.29, 1.82) is 5.26 Å². The monoisotopic (exact) mass is 339 g/mol. The molecule has 2 nitrogen and oxygen atoms in total. The summed E-state index contributed by atoms with van der Waals surface area (Å²) in [4.78, 5) is 0. The molecule has 2 rings (SSSR count). The van der Waals surface area contributed by atoms with Gasteiger partial charge in [0.05, 0.1) is 10.6 Å². The van der Waals surface area contributed by atoms with Crippen LogP contribution in [-0.2, 0) is 6.61 Å². The first-order chi connectivity index (χ1) is 9.10. The first-order valence-corrected chi connectivity index (χ1v) is 6.53. The molecular weight excluding hydrogens is 333 g/mol. The highest BCUT2D eigenvalue weighted by atomic mass is 79.9. The van der Waals surface area contributed by atoms with Crippen LogP contribution in [0.5, 0.6) is 5.75 Å². The molecule has 0 radical (unpaired) electrons. The van der Waals surface area contributed by atoms with Crippen LogP contribution in [0.3, 0.4) is 0 Å². The average molecular weight is 341 g/mol. The first-order valence-electron chi connectivity index (χ1n) is 5.36. The van der Waals surface area contributed by atoms with Gasteiger partial charge >= 0.3 is 0 Å². The number of nitrogens with zero attached hydrogens (tertiary/aromatic N) is 1. The Labute approximate surface area is 123 Å². The van der Waals surface area contributed by atoms with Gasteiger partial charge < -0.3 is 4.74 Å². The molecule has 0 aliphatic carbocycles. The van der Waals surface area contributed by atoms with E-state index in [0.717, 1.165) is 4.47 Å². The summed E-state index contributed by atoms with van der Waals surface area (Å²) >= 11 is 9.16. The molecule has 0 spiro atoms. The van der Waals surface area contributed by atoms with Gasteiger partial charge in [-0.1, -0.05) is 27.5 Å². The molecular formula is C14H8BrClFNO. The van der Waals surface area contributed by atoms with Gasteiger partial charge in [-0.15, -0.1) is 0 Å². The lowest BCUT2D eigenvalue weighted by molar-refractivity contribution is 0.300. The normalized spacial score (nSPS) is 10.0. The number of benzene rings is 2. The Bertz CT molecular complexity index is 654. The van der Waals surface area contributed by atoms with Crippen LogP contribution >= 0.6 is 27.5 Å². The van der Waals surface area contributed by atoms with E-state index in [1.807, 2.05) is 6.07 Å². The van der Waals surface area contributed by atoms with Crippen LogP contribution in [0.25, 0.3) is 0 Å². The van der Waals surface area contributed by atoms with Crippen LogP contribution in [0.4, 0.5) is 4.39 Å². The summed E-state index contributed by atoms with van der Waals surface area (Å²) < 4.78 is 19.7. The van der Waals surface area contributed by atoms with Crippen molar-refractivity contribution in [3.8, 4) is 11.8 Å². The maximum absolute atomic E-state index is 13.5. The maximum atomic E-state index is 13.5. The number of rotatable bonds is 3. The standard InChI is InChI=1S/C14H8BrClFNO/c15-11-2-4-14(17)10(5-11)8-19-12-3-1-9(7-18)13(16)6-12/h1-6H,8H2. The summed E-state index contributed by atoms with van der Waals surface area (Å²) in [5.74, 6) is 0.159.